The Morgan fingerprint density at radius 1 is 1.20 bits per heavy atom. The molecule has 0 spiro atoms. The van der Waals surface area contributed by atoms with Crippen molar-refractivity contribution in [2.45, 2.75) is 0 Å². The van der Waals surface area contributed by atoms with Crippen molar-refractivity contribution in [3.8, 4) is 17.2 Å². The summed E-state index contributed by atoms with van der Waals surface area (Å²) in [5.41, 5.74) is 0. The van der Waals surface area contributed by atoms with Crippen molar-refractivity contribution in [1.82, 2.24) is 0 Å². The van der Waals surface area contributed by atoms with Crippen LogP contribution in [0.3, 0.4) is 0 Å². The van der Waals surface area contributed by atoms with Gasteiger partial charge in [-0.25, -0.2) is 0 Å². The summed E-state index contributed by atoms with van der Waals surface area (Å²) in [5, 5.41) is 0. The lowest BCUT2D eigenvalue weighted by Gasteiger charge is -2.09. The monoisotopic (exact) mass is 206 g/mol. The standard InChI is InChI=1S/C11H15BO3/c1-13-10-5-4-9(8-11(10)14-2)15-7-3-6-12/h3-6,8H,7,12H2,1-2H3. The van der Waals surface area contributed by atoms with Crippen molar-refractivity contribution in [3.63, 3.8) is 0 Å². The van der Waals surface area contributed by atoms with Crippen molar-refractivity contribution in [2.24, 2.45) is 0 Å². The van der Waals surface area contributed by atoms with Crippen LogP contribution in [0.2, 0.25) is 0 Å². The zero-order valence-corrected chi connectivity index (χ0v) is 9.32. The van der Waals surface area contributed by atoms with Gasteiger partial charge in [0.1, 0.15) is 20.2 Å². The molecule has 0 atom stereocenters. The molecule has 0 bridgehead atoms. The van der Waals surface area contributed by atoms with Crippen LogP contribution >= 0.6 is 0 Å². The van der Waals surface area contributed by atoms with Crippen LogP contribution in [0.15, 0.2) is 30.3 Å². The van der Waals surface area contributed by atoms with Crippen molar-refractivity contribution in [1.29, 1.82) is 0 Å². The summed E-state index contributed by atoms with van der Waals surface area (Å²) < 4.78 is 15.7. The molecule has 0 unspecified atom stereocenters. The molecule has 0 saturated heterocycles. The highest BCUT2D eigenvalue weighted by Crippen LogP contribution is 2.30. The fraction of sp³-hybridized carbons (Fsp3) is 0.273. The van der Waals surface area contributed by atoms with Crippen LogP contribution in [-0.4, -0.2) is 28.7 Å². The van der Waals surface area contributed by atoms with E-state index in [2.05, 4.69) is 0 Å². The summed E-state index contributed by atoms with van der Waals surface area (Å²) >= 11 is 0. The highest BCUT2D eigenvalue weighted by Gasteiger charge is 2.04. The lowest BCUT2D eigenvalue weighted by Crippen LogP contribution is -1.95. The average molecular weight is 206 g/mol. The molecule has 0 radical (unpaired) electrons. The van der Waals surface area contributed by atoms with Gasteiger partial charge in [0.15, 0.2) is 11.5 Å². The van der Waals surface area contributed by atoms with Gasteiger partial charge in [0, 0.05) is 6.07 Å². The molecule has 15 heavy (non-hydrogen) atoms. The Bertz CT molecular complexity index is 337. The molecule has 0 fully saturated rings. The highest BCUT2D eigenvalue weighted by atomic mass is 16.5. The van der Waals surface area contributed by atoms with E-state index in [1.165, 1.54) is 0 Å². The molecule has 0 saturated carbocycles. The van der Waals surface area contributed by atoms with Crippen LogP contribution in [0.1, 0.15) is 0 Å². The number of hydrogen-bond donors (Lipinski definition) is 0. The summed E-state index contributed by atoms with van der Waals surface area (Å²) in [6, 6.07) is 5.48. The largest absolute Gasteiger partial charge is 0.493 e. The van der Waals surface area contributed by atoms with Crippen molar-refractivity contribution >= 4 is 7.85 Å². The summed E-state index contributed by atoms with van der Waals surface area (Å²) in [5.74, 6) is 4.10. The lowest BCUT2D eigenvalue weighted by molar-refractivity contribution is 0.339. The van der Waals surface area contributed by atoms with Gasteiger partial charge in [-0.05, 0) is 12.1 Å². The molecule has 0 N–H and O–H groups in total. The normalized spacial score (nSPS) is 10.3. The fourth-order valence-electron chi connectivity index (χ4n) is 1.15. The minimum absolute atomic E-state index is 0.561. The zero-order valence-electron chi connectivity index (χ0n) is 9.32. The van der Waals surface area contributed by atoms with Gasteiger partial charge in [0.2, 0.25) is 0 Å². The topological polar surface area (TPSA) is 27.7 Å². The average Bonchev–Trinajstić information content (AvgIpc) is 2.29. The number of ether oxygens (including phenoxy) is 3. The van der Waals surface area contributed by atoms with E-state index in [-0.39, 0.29) is 0 Å². The first-order valence-electron chi connectivity index (χ1n) is 4.77. The van der Waals surface area contributed by atoms with Gasteiger partial charge in [-0.15, -0.1) is 5.98 Å². The molecule has 4 heteroatoms. The predicted molar refractivity (Wildman–Crippen MR) is 62.7 cm³/mol. The Balaban J connectivity index is 2.74. The van der Waals surface area contributed by atoms with Crippen LogP contribution in [0.25, 0.3) is 0 Å². The van der Waals surface area contributed by atoms with Crippen LogP contribution < -0.4 is 14.2 Å². The minimum atomic E-state index is 0.561. The highest BCUT2D eigenvalue weighted by molar-refractivity contribution is 6.16. The maximum atomic E-state index is 5.47. The molecule has 0 aliphatic heterocycles. The Labute approximate surface area is 91.1 Å². The SMILES string of the molecule is BC=CCOc1ccc(OC)c(OC)c1. The zero-order chi connectivity index (χ0) is 11.1. The molecular formula is C11H15BO3. The quantitative estimate of drug-likeness (QED) is 0.678. The molecule has 0 heterocycles. The Morgan fingerprint density at radius 2 is 1.93 bits per heavy atom. The number of rotatable bonds is 5. The first-order valence-corrected chi connectivity index (χ1v) is 4.77. The molecule has 80 valence electrons. The molecule has 0 aromatic heterocycles. The third kappa shape index (κ3) is 3.24. The summed E-state index contributed by atoms with van der Waals surface area (Å²) in [6.07, 6.45) is 1.94. The van der Waals surface area contributed by atoms with Crippen molar-refractivity contribution in [2.75, 3.05) is 20.8 Å². The molecule has 1 aromatic rings. The minimum Gasteiger partial charge on any atom is -0.493 e. The first kappa shape index (κ1) is 11.5. The second kappa shape index (κ2) is 6.01. The van der Waals surface area contributed by atoms with E-state index in [4.69, 9.17) is 14.2 Å². The van der Waals surface area contributed by atoms with Gasteiger partial charge < -0.3 is 14.2 Å². The third-order valence-electron chi connectivity index (χ3n) is 1.94. The number of methoxy groups -OCH3 is 2. The van der Waals surface area contributed by atoms with Crippen LogP contribution in [0.5, 0.6) is 17.2 Å². The third-order valence-corrected chi connectivity index (χ3v) is 1.94. The maximum Gasteiger partial charge on any atom is 0.164 e. The van der Waals surface area contributed by atoms with Gasteiger partial charge in [-0.3, -0.25) is 0 Å². The predicted octanol–water partition coefficient (Wildman–Crippen LogP) is 1.23. The van der Waals surface area contributed by atoms with Gasteiger partial charge in [-0.1, -0.05) is 6.08 Å². The second-order valence-corrected chi connectivity index (χ2v) is 2.90. The molecule has 0 amide bonds. The summed E-state index contributed by atoms with van der Waals surface area (Å²) in [6.45, 7) is 0.561. The molecule has 3 nitrogen and oxygen atoms in total. The van der Waals surface area contributed by atoms with Gasteiger partial charge in [0.05, 0.1) is 14.2 Å². The summed E-state index contributed by atoms with van der Waals surface area (Å²) in [7, 11) is 5.17. The molecule has 1 rings (SSSR count). The fourth-order valence-corrected chi connectivity index (χ4v) is 1.15. The lowest BCUT2D eigenvalue weighted by atomic mass is 10.1. The molecule has 0 aliphatic rings. The van der Waals surface area contributed by atoms with E-state index < -0.39 is 0 Å². The first-order chi connectivity index (χ1) is 7.31. The molecular weight excluding hydrogens is 191 g/mol. The van der Waals surface area contributed by atoms with E-state index in [0.29, 0.717) is 18.1 Å². The van der Waals surface area contributed by atoms with Crippen molar-refractivity contribution < 1.29 is 14.2 Å². The van der Waals surface area contributed by atoms with E-state index in [1.807, 2.05) is 38.1 Å². The van der Waals surface area contributed by atoms with Crippen LogP contribution in [-0.2, 0) is 0 Å². The smallest absolute Gasteiger partial charge is 0.164 e. The maximum absolute atomic E-state index is 5.47. The molecule has 0 aliphatic carbocycles. The summed E-state index contributed by atoms with van der Waals surface area (Å²) in [4.78, 5) is 0. The van der Waals surface area contributed by atoms with Crippen LogP contribution in [0.4, 0.5) is 0 Å². The van der Waals surface area contributed by atoms with E-state index >= 15 is 0 Å². The Kier molecular flexibility index (Phi) is 4.61. The van der Waals surface area contributed by atoms with E-state index in [0.717, 1.165) is 5.75 Å². The Hall–Kier alpha value is -1.58. The van der Waals surface area contributed by atoms with Gasteiger partial charge >= 0.3 is 0 Å². The Morgan fingerprint density at radius 3 is 2.53 bits per heavy atom. The second-order valence-electron chi connectivity index (χ2n) is 2.90. The van der Waals surface area contributed by atoms with Gasteiger partial charge in [-0.2, -0.15) is 0 Å². The van der Waals surface area contributed by atoms with Gasteiger partial charge in [0.25, 0.3) is 0 Å². The van der Waals surface area contributed by atoms with E-state index in [9.17, 15) is 0 Å². The van der Waals surface area contributed by atoms with Crippen molar-refractivity contribution in [3.05, 3.63) is 30.3 Å². The number of hydrogen-bond acceptors (Lipinski definition) is 3. The van der Waals surface area contributed by atoms with E-state index in [1.54, 1.807) is 14.2 Å². The number of benzene rings is 1. The molecule has 1 aromatic carbocycles. The van der Waals surface area contributed by atoms with Crippen LogP contribution in [0, 0.1) is 0 Å².